The second-order valence-electron chi connectivity index (χ2n) is 5.58. The second kappa shape index (κ2) is 7.42. The predicted molar refractivity (Wildman–Crippen MR) is 91.9 cm³/mol. The van der Waals surface area contributed by atoms with Gasteiger partial charge in [-0.3, -0.25) is 4.79 Å². The molecule has 3 aromatic rings. The SMILES string of the molecule is O=C(c1ccc[n+]([O-])c1)N(Cc1ccccc1)Cc1ccccc1. The minimum absolute atomic E-state index is 0.159. The Morgan fingerprint density at radius 1 is 0.833 bits per heavy atom. The van der Waals surface area contributed by atoms with E-state index in [4.69, 9.17) is 0 Å². The lowest BCUT2D eigenvalue weighted by Crippen LogP contribution is -2.33. The summed E-state index contributed by atoms with van der Waals surface area (Å²) in [5, 5.41) is 11.5. The highest BCUT2D eigenvalue weighted by atomic mass is 16.5. The van der Waals surface area contributed by atoms with E-state index in [-0.39, 0.29) is 5.91 Å². The zero-order valence-electron chi connectivity index (χ0n) is 13.2. The molecule has 1 aromatic heterocycles. The molecule has 0 spiro atoms. The summed E-state index contributed by atoms with van der Waals surface area (Å²) in [6.07, 6.45) is 2.68. The fourth-order valence-electron chi connectivity index (χ4n) is 2.57. The van der Waals surface area contributed by atoms with Gasteiger partial charge >= 0.3 is 0 Å². The van der Waals surface area contributed by atoms with Gasteiger partial charge in [-0.05, 0) is 17.2 Å². The molecule has 0 atom stereocenters. The monoisotopic (exact) mass is 318 g/mol. The molecule has 1 amide bonds. The van der Waals surface area contributed by atoms with Crippen LogP contribution in [0.25, 0.3) is 0 Å². The van der Waals surface area contributed by atoms with Crippen molar-refractivity contribution >= 4 is 5.91 Å². The van der Waals surface area contributed by atoms with Crippen molar-refractivity contribution in [1.29, 1.82) is 0 Å². The van der Waals surface area contributed by atoms with Crippen LogP contribution >= 0.6 is 0 Å². The minimum atomic E-state index is -0.159. The molecule has 4 heteroatoms. The number of carbonyl (C=O) groups is 1. The largest absolute Gasteiger partial charge is 0.619 e. The van der Waals surface area contributed by atoms with E-state index in [9.17, 15) is 10.0 Å². The second-order valence-corrected chi connectivity index (χ2v) is 5.58. The first-order valence-corrected chi connectivity index (χ1v) is 7.78. The number of nitrogens with zero attached hydrogens (tertiary/aromatic N) is 2. The number of pyridine rings is 1. The molecule has 0 N–H and O–H groups in total. The van der Waals surface area contributed by atoms with Gasteiger partial charge in [0, 0.05) is 19.2 Å². The van der Waals surface area contributed by atoms with Crippen LogP contribution in [0, 0.1) is 5.21 Å². The summed E-state index contributed by atoms with van der Waals surface area (Å²) in [4.78, 5) is 14.6. The van der Waals surface area contributed by atoms with Crippen molar-refractivity contribution in [3.63, 3.8) is 0 Å². The van der Waals surface area contributed by atoms with E-state index in [1.807, 2.05) is 60.7 Å². The maximum Gasteiger partial charge on any atom is 0.260 e. The Bertz CT molecular complexity index is 763. The molecular weight excluding hydrogens is 300 g/mol. The van der Waals surface area contributed by atoms with Crippen LogP contribution in [0.1, 0.15) is 21.5 Å². The van der Waals surface area contributed by atoms with Crippen LogP contribution < -0.4 is 4.73 Å². The molecule has 0 bridgehead atoms. The molecule has 0 aliphatic heterocycles. The number of aromatic nitrogens is 1. The van der Waals surface area contributed by atoms with Gasteiger partial charge in [0.15, 0.2) is 12.4 Å². The van der Waals surface area contributed by atoms with Crippen LogP contribution in [-0.4, -0.2) is 10.8 Å². The number of benzene rings is 2. The first-order valence-electron chi connectivity index (χ1n) is 7.78. The lowest BCUT2D eigenvalue weighted by Gasteiger charge is -2.23. The van der Waals surface area contributed by atoms with Crippen LogP contribution in [0.4, 0.5) is 0 Å². The summed E-state index contributed by atoms with van der Waals surface area (Å²) in [5.41, 5.74) is 2.49. The highest BCUT2D eigenvalue weighted by Crippen LogP contribution is 2.13. The normalized spacial score (nSPS) is 10.3. The summed E-state index contributed by atoms with van der Waals surface area (Å²) < 4.78 is 0.649. The Kier molecular flexibility index (Phi) is 4.87. The molecule has 0 aliphatic rings. The van der Waals surface area contributed by atoms with Crippen molar-refractivity contribution in [3.05, 3.63) is 107 Å². The number of hydrogen-bond donors (Lipinski definition) is 0. The van der Waals surface area contributed by atoms with Crippen LogP contribution in [0.15, 0.2) is 85.2 Å². The van der Waals surface area contributed by atoms with Crippen LogP contribution in [0.2, 0.25) is 0 Å². The molecular formula is C20H18N2O2. The molecule has 0 saturated carbocycles. The topological polar surface area (TPSA) is 47.2 Å². The Morgan fingerprint density at radius 3 is 1.88 bits per heavy atom. The molecule has 4 nitrogen and oxygen atoms in total. The molecule has 0 unspecified atom stereocenters. The van der Waals surface area contributed by atoms with E-state index in [1.54, 1.807) is 17.0 Å². The third-order valence-electron chi connectivity index (χ3n) is 3.74. The molecule has 0 saturated heterocycles. The van der Waals surface area contributed by atoms with E-state index in [1.165, 1.54) is 12.4 Å². The van der Waals surface area contributed by atoms with Crippen molar-refractivity contribution in [1.82, 2.24) is 4.90 Å². The molecule has 2 aromatic carbocycles. The van der Waals surface area contributed by atoms with Gasteiger partial charge in [-0.2, -0.15) is 4.73 Å². The van der Waals surface area contributed by atoms with Crippen molar-refractivity contribution in [3.8, 4) is 0 Å². The Hall–Kier alpha value is -3.14. The van der Waals surface area contributed by atoms with Gasteiger partial charge in [-0.25, -0.2) is 0 Å². The van der Waals surface area contributed by atoms with Gasteiger partial charge < -0.3 is 10.1 Å². The maximum atomic E-state index is 12.9. The molecule has 0 fully saturated rings. The summed E-state index contributed by atoms with van der Waals surface area (Å²) in [6, 6.07) is 22.9. The smallest absolute Gasteiger partial charge is 0.260 e. The zero-order valence-corrected chi connectivity index (χ0v) is 13.2. The van der Waals surface area contributed by atoms with Crippen molar-refractivity contribution in [2.24, 2.45) is 0 Å². The minimum Gasteiger partial charge on any atom is -0.619 e. The molecule has 120 valence electrons. The van der Waals surface area contributed by atoms with E-state index < -0.39 is 0 Å². The van der Waals surface area contributed by atoms with E-state index in [2.05, 4.69) is 0 Å². The van der Waals surface area contributed by atoms with E-state index >= 15 is 0 Å². The summed E-state index contributed by atoms with van der Waals surface area (Å²) in [7, 11) is 0. The average Bonchev–Trinajstić information content (AvgIpc) is 2.62. The Labute approximate surface area is 141 Å². The van der Waals surface area contributed by atoms with Gasteiger partial charge in [-0.15, -0.1) is 0 Å². The standard InChI is InChI=1S/C20H18N2O2/c23-20(19-12-7-13-22(24)16-19)21(14-17-8-3-1-4-9-17)15-18-10-5-2-6-11-18/h1-13,16H,14-15H2. The third kappa shape index (κ3) is 3.98. The summed E-state index contributed by atoms with van der Waals surface area (Å²) in [6.45, 7) is 0.977. The van der Waals surface area contributed by atoms with Crippen molar-refractivity contribution < 1.29 is 9.52 Å². The Balaban J connectivity index is 1.87. The maximum absolute atomic E-state index is 12.9. The highest BCUT2D eigenvalue weighted by molar-refractivity contribution is 5.93. The van der Waals surface area contributed by atoms with Gasteiger partial charge in [0.2, 0.25) is 0 Å². The number of hydrogen-bond acceptors (Lipinski definition) is 2. The molecule has 24 heavy (non-hydrogen) atoms. The first-order chi connectivity index (χ1) is 11.7. The predicted octanol–water partition coefficient (Wildman–Crippen LogP) is 3.16. The lowest BCUT2D eigenvalue weighted by molar-refractivity contribution is -0.605. The third-order valence-corrected chi connectivity index (χ3v) is 3.74. The van der Waals surface area contributed by atoms with Gasteiger partial charge in [0.25, 0.3) is 5.91 Å². The van der Waals surface area contributed by atoms with Gasteiger partial charge in [-0.1, -0.05) is 60.7 Å². The molecule has 1 heterocycles. The van der Waals surface area contributed by atoms with Crippen LogP contribution in [0.5, 0.6) is 0 Å². The fourth-order valence-corrected chi connectivity index (χ4v) is 2.57. The zero-order chi connectivity index (χ0) is 16.8. The van der Waals surface area contributed by atoms with Crippen molar-refractivity contribution in [2.75, 3.05) is 0 Å². The number of rotatable bonds is 5. The Morgan fingerprint density at radius 2 is 1.38 bits per heavy atom. The van der Waals surface area contributed by atoms with Gasteiger partial charge in [0.05, 0.1) is 0 Å². The summed E-state index contributed by atoms with van der Waals surface area (Å²) >= 11 is 0. The lowest BCUT2D eigenvalue weighted by atomic mass is 10.1. The highest BCUT2D eigenvalue weighted by Gasteiger charge is 2.18. The van der Waals surface area contributed by atoms with E-state index in [0.29, 0.717) is 23.4 Å². The first kappa shape index (κ1) is 15.7. The van der Waals surface area contributed by atoms with Crippen molar-refractivity contribution in [2.45, 2.75) is 13.1 Å². The van der Waals surface area contributed by atoms with Gasteiger partial charge in [0.1, 0.15) is 5.56 Å². The molecule has 0 radical (unpaired) electrons. The number of amides is 1. The van der Waals surface area contributed by atoms with Crippen LogP contribution in [0.3, 0.4) is 0 Å². The van der Waals surface area contributed by atoms with E-state index in [0.717, 1.165) is 11.1 Å². The fraction of sp³-hybridized carbons (Fsp3) is 0.100. The average molecular weight is 318 g/mol. The quantitative estimate of drug-likeness (QED) is 0.536. The number of carbonyl (C=O) groups excluding carboxylic acids is 1. The summed E-state index contributed by atoms with van der Waals surface area (Å²) in [5.74, 6) is -0.159. The molecule has 3 rings (SSSR count). The van der Waals surface area contributed by atoms with Crippen LogP contribution in [-0.2, 0) is 13.1 Å². The molecule has 0 aliphatic carbocycles.